The summed E-state index contributed by atoms with van der Waals surface area (Å²) in [5, 5.41) is 39.7. The van der Waals surface area contributed by atoms with Crippen LogP contribution in [0.3, 0.4) is 0 Å². The molecule has 0 aromatic heterocycles. The van der Waals surface area contributed by atoms with E-state index < -0.39 is 67.9 Å². The lowest BCUT2D eigenvalue weighted by Gasteiger charge is -2.46. The molecule has 0 aliphatic carbocycles. The van der Waals surface area contributed by atoms with Gasteiger partial charge in [0.15, 0.2) is 12.6 Å². The second-order valence-corrected chi connectivity index (χ2v) is 5.97. The van der Waals surface area contributed by atoms with Crippen LogP contribution in [-0.2, 0) is 18.9 Å². The van der Waals surface area contributed by atoms with Crippen LogP contribution in [0.1, 0.15) is 0 Å². The quantitative estimate of drug-likeness (QED) is 0.250. The van der Waals surface area contributed by atoms with Crippen LogP contribution in [0.5, 0.6) is 0 Å². The summed E-state index contributed by atoms with van der Waals surface area (Å²) in [6, 6.07) is -2.02. The first-order chi connectivity index (χ1) is 11.3. The summed E-state index contributed by atoms with van der Waals surface area (Å²) in [4.78, 5) is 0. The van der Waals surface area contributed by atoms with Gasteiger partial charge in [0.05, 0.1) is 18.7 Å². The van der Waals surface area contributed by atoms with Crippen molar-refractivity contribution in [3.63, 3.8) is 0 Å². The molecule has 0 aromatic carbocycles. The summed E-state index contributed by atoms with van der Waals surface area (Å²) < 4.78 is 21.5. The van der Waals surface area contributed by atoms with E-state index in [-0.39, 0.29) is 6.54 Å². The standard InChI is InChI=1S/C13H27N3O8/c1-21-12-7(16)10(20)11(5(3-17)23-12)24-13-6(15)9(19)8(18)4(2-14)22-13/h4-13,17-20H,2-3,14-16H2,1H3/t4-,5-,6-,7-,8-,9-,10-,11-,12?,13-/m1/s1. The van der Waals surface area contributed by atoms with Crippen molar-refractivity contribution in [3.05, 3.63) is 0 Å². The normalized spacial score (nSPS) is 50.0. The van der Waals surface area contributed by atoms with Gasteiger partial charge in [-0.25, -0.2) is 0 Å². The minimum atomic E-state index is -1.33. The maximum atomic E-state index is 10.3. The number of methoxy groups -OCH3 is 1. The molecule has 0 radical (unpaired) electrons. The second kappa shape index (κ2) is 8.29. The van der Waals surface area contributed by atoms with E-state index in [1.54, 1.807) is 0 Å². The molecule has 1 unspecified atom stereocenters. The summed E-state index contributed by atoms with van der Waals surface area (Å²) in [5.74, 6) is 0. The van der Waals surface area contributed by atoms with Crippen molar-refractivity contribution >= 4 is 0 Å². The van der Waals surface area contributed by atoms with Gasteiger partial charge < -0.3 is 56.6 Å². The van der Waals surface area contributed by atoms with E-state index in [1.807, 2.05) is 0 Å². The molecular formula is C13H27N3O8. The highest BCUT2D eigenvalue weighted by molar-refractivity contribution is 4.96. The molecule has 0 amide bonds. The number of rotatable bonds is 5. The van der Waals surface area contributed by atoms with E-state index in [0.29, 0.717) is 0 Å². The lowest BCUT2D eigenvalue weighted by Crippen LogP contribution is -2.67. The highest BCUT2D eigenvalue weighted by atomic mass is 16.7. The molecule has 10 atom stereocenters. The maximum absolute atomic E-state index is 10.3. The van der Waals surface area contributed by atoms with Crippen molar-refractivity contribution in [1.29, 1.82) is 0 Å². The number of aliphatic hydroxyl groups is 4. The molecule has 142 valence electrons. The predicted molar refractivity (Wildman–Crippen MR) is 79.3 cm³/mol. The third-order valence-corrected chi connectivity index (χ3v) is 4.40. The number of ether oxygens (including phenoxy) is 4. The van der Waals surface area contributed by atoms with Crippen LogP contribution < -0.4 is 17.2 Å². The average molecular weight is 353 g/mol. The van der Waals surface area contributed by atoms with Gasteiger partial charge in [-0.05, 0) is 0 Å². The zero-order valence-electron chi connectivity index (χ0n) is 13.3. The van der Waals surface area contributed by atoms with Crippen molar-refractivity contribution in [2.45, 2.75) is 61.3 Å². The smallest absolute Gasteiger partial charge is 0.176 e. The van der Waals surface area contributed by atoms with Crippen molar-refractivity contribution in [2.75, 3.05) is 20.3 Å². The minimum Gasteiger partial charge on any atom is -0.394 e. The van der Waals surface area contributed by atoms with Crippen LogP contribution in [-0.4, -0.2) is 102 Å². The fraction of sp³-hybridized carbons (Fsp3) is 1.00. The van der Waals surface area contributed by atoms with Crippen molar-refractivity contribution in [2.24, 2.45) is 17.2 Å². The van der Waals surface area contributed by atoms with Crippen LogP contribution in [0.25, 0.3) is 0 Å². The summed E-state index contributed by atoms with van der Waals surface area (Å²) in [7, 11) is 1.36. The first kappa shape index (κ1) is 19.9. The SMILES string of the molecule is COC1O[C@H](CO)[C@@H](O[C@H]2O[C@H](CN)[C@@H](O)[C@H](O)[C@H]2N)[C@H](O)[C@H]1N. The third-order valence-electron chi connectivity index (χ3n) is 4.40. The topological polar surface area (TPSA) is 196 Å². The first-order valence-electron chi connectivity index (χ1n) is 7.71. The largest absolute Gasteiger partial charge is 0.394 e. The Balaban J connectivity index is 2.12. The van der Waals surface area contributed by atoms with E-state index in [1.165, 1.54) is 7.11 Å². The van der Waals surface area contributed by atoms with Gasteiger partial charge in [-0.15, -0.1) is 0 Å². The Bertz CT molecular complexity index is 401. The van der Waals surface area contributed by atoms with Crippen LogP contribution in [0.2, 0.25) is 0 Å². The number of hydrogen-bond acceptors (Lipinski definition) is 11. The summed E-state index contributed by atoms with van der Waals surface area (Å²) >= 11 is 0. The molecule has 11 nitrogen and oxygen atoms in total. The van der Waals surface area contributed by atoms with Gasteiger partial charge >= 0.3 is 0 Å². The third kappa shape index (κ3) is 3.71. The molecule has 10 N–H and O–H groups in total. The Morgan fingerprint density at radius 2 is 1.50 bits per heavy atom. The molecule has 24 heavy (non-hydrogen) atoms. The van der Waals surface area contributed by atoms with E-state index in [9.17, 15) is 20.4 Å². The van der Waals surface area contributed by atoms with Crippen LogP contribution in [0, 0.1) is 0 Å². The van der Waals surface area contributed by atoms with Gasteiger partial charge in [-0.2, -0.15) is 0 Å². The minimum absolute atomic E-state index is 0.0663. The van der Waals surface area contributed by atoms with E-state index >= 15 is 0 Å². The molecule has 2 aliphatic heterocycles. The van der Waals surface area contributed by atoms with Crippen molar-refractivity contribution in [3.8, 4) is 0 Å². The van der Waals surface area contributed by atoms with Gasteiger partial charge in [-0.3, -0.25) is 0 Å². The van der Waals surface area contributed by atoms with Crippen LogP contribution >= 0.6 is 0 Å². The maximum Gasteiger partial charge on any atom is 0.176 e. The van der Waals surface area contributed by atoms with Crippen LogP contribution in [0.4, 0.5) is 0 Å². The van der Waals surface area contributed by atoms with Gasteiger partial charge in [0.25, 0.3) is 0 Å². The molecule has 2 aliphatic rings. The molecule has 11 heteroatoms. The Kier molecular flexibility index (Phi) is 6.87. The first-order valence-corrected chi connectivity index (χ1v) is 7.71. The highest BCUT2D eigenvalue weighted by Gasteiger charge is 2.49. The molecule has 2 rings (SSSR count). The molecule has 2 fully saturated rings. The van der Waals surface area contributed by atoms with E-state index in [2.05, 4.69) is 0 Å². The average Bonchev–Trinajstić information content (AvgIpc) is 2.59. The van der Waals surface area contributed by atoms with Gasteiger partial charge in [0.2, 0.25) is 0 Å². The van der Waals surface area contributed by atoms with E-state index in [4.69, 9.17) is 36.1 Å². The number of nitrogens with two attached hydrogens (primary N) is 3. The monoisotopic (exact) mass is 353 g/mol. The fourth-order valence-corrected chi connectivity index (χ4v) is 2.89. The summed E-state index contributed by atoms with van der Waals surface area (Å²) in [6.45, 7) is -0.537. The molecule has 2 saturated heterocycles. The Morgan fingerprint density at radius 3 is 2.04 bits per heavy atom. The zero-order valence-corrected chi connectivity index (χ0v) is 13.3. The molecule has 0 aromatic rings. The van der Waals surface area contributed by atoms with Crippen LogP contribution in [0.15, 0.2) is 0 Å². The molecular weight excluding hydrogens is 326 g/mol. The van der Waals surface area contributed by atoms with Gasteiger partial charge in [-0.1, -0.05) is 0 Å². The molecule has 2 heterocycles. The zero-order chi connectivity index (χ0) is 18.0. The van der Waals surface area contributed by atoms with Gasteiger partial charge in [0.1, 0.15) is 36.6 Å². The lowest BCUT2D eigenvalue weighted by atomic mass is 9.95. The summed E-state index contributed by atoms with van der Waals surface area (Å²) in [5.41, 5.74) is 17.2. The Morgan fingerprint density at radius 1 is 0.917 bits per heavy atom. The van der Waals surface area contributed by atoms with Crippen molar-refractivity contribution < 1.29 is 39.4 Å². The molecule has 0 saturated carbocycles. The second-order valence-electron chi connectivity index (χ2n) is 5.97. The number of aliphatic hydroxyl groups excluding tert-OH is 4. The van der Waals surface area contributed by atoms with Crippen molar-refractivity contribution in [1.82, 2.24) is 0 Å². The Hall–Kier alpha value is -0.440. The lowest BCUT2D eigenvalue weighted by molar-refractivity contribution is -0.323. The Labute approximate surface area is 139 Å². The number of hydrogen-bond donors (Lipinski definition) is 7. The predicted octanol–water partition coefficient (Wildman–Crippen LogP) is -4.84. The molecule has 0 bridgehead atoms. The molecule has 0 spiro atoms. The van der Waals surface area contributed by atoms with Gasteiger partial charge in [0, 0.05) is 13.7 Å². The highest BCUT2D eigenvalue weighted by Crippen LogP contribution is 2.27. The fourth-order valence-electron chi connectivity index (χ4n) is 2.89. The van der Waals surface area contributed by atoms with E-state index in [0.717, 1.165) is 0 Å². The summed E-state index contributed by atoms with van der Waals surface area (Å²) in [6.07, 6.45) is -8.83.